The Morgan fingerprint density at radius 2 is 2.00 bits per heavy atom. The smallest absolute Gasteiger partial charge is 0.328 e. The van der Waals surface area contributed by atoms with E-state index in [9.17, 15) is 23.6 Å². The number of carbonyl (C=O) groups is 4. The first-order chi connectivity index (χ1) is 18.0. The zero-order valence-electron chi connectivity index (χ0n) is 21.2. The van der Waals surface area contributed by atoms with E-state index >= 15 is 0 Å². The normalized spacial score (nSPS) is 19.2. The Labute approximate surface area is 216 Å². The number of methoxy groups -OCH3 is 1. The van der Waals surface area contributed by atoms with Crippen LogP contribution in [0, 0.1) is 11.2 Å². The van der Waals surface area contributed by atoms with Crippen LogP contribution in [0.5, 0.6) is 5.75 Å². The Hall–Kier alpha value is -4.48. The number of amides is 4. The van der Waals surface area contributed by atoms with Crippen LogP contribution in [0.4, 0.5) is 9.18 Å². The number of imide groups is 1. The first-order valence-electron chi connectivity index (χ1n) is 11.8. The third-order valence-corrected chi connectivity index (χ3v) is 6.55. The SMILES string of the molecule is COc1ccc2c(c1F)C(=O)N(C[C@@]1(c3cc4cnccc4o3)NC(=O)N(COC(=O)C(C)(C)C)C1=O)C2. The molecule has 12 heteroatoms. The Kier molecular flexibility index (Phi) is 5.85. The molecule has 4 amide bonds. The van der Waals surface area contributed by atoms with Gasteiger partial charge >= 0.3 is 12.0 Å². The Morgan fingerprint density at radius 1 is 1.24 bits per heavy atom. The van der Waals surface area contributed by atoms with Crippen molar-refractivity contribution in [3.8, 4) is 5.75 Å². The molecule has 0 spiro atoms. The second kappa shape index (κ2) is 8.82. The molecule has 1 atom stereocenters. The van der Waals surface area contributed by atoms with Gasteiger partial charge in [-0.3, -0.25) is 19.4 Å². The van der Waals surface area contributed by atoms with E-state index in [4.69, 9.17) is 13.9 Å². The maximum Gasteiger partial charge on any atom is 0.328 e. The number of furan rings is 1. The van der Waals surface area contributed by atoms with Crippen molar-refractivity contribution in [2.45, 2.75) is 32.9 Å². The summed E-state index contributed by atoms with van der Waals surface area (Å²) in [4.78, 5) is 58.5. The summed E-state index contributed by atoms with van der Waals surface area (Å²) in [5.41, 5.74) is -2.09. The van der Waals surface area contributed by atoms with Gasteiger partial charge in [0.1, 0.15) is 11.3 Å². The molecule has 38 heavy (non-hydrogen) atoms. The van der Waals surface area contributed by atoms with Gasteiger partial charge in [0.25, 0.3) is 11.8 Å². The van der Waals surface area contributed by atoms with Gasteiger partial charge in [-0.2, -0.15) is 0 Å². The molecule has 198 valence electrons. The molecule has 0 bridgehead atoms. The van der Waals surface area contributed by atoms with E-state index in [0.29, 0.717) is 16.5 Å². The largest absolute Gasteiger partial charge is 0.494 e. The Morgan fingerprint density at radius 3 is 2.68 bits per heavy atom. The number of aromatic nitrogens is 1. The molecule has 0 saturated carbocycles. The summed E-state index contributed by atoms with van der Waals surface area (Å²) < 4.78 is 31.1. The highest BCUT2D eigenvalue weighted by Gasteiger charge is 2.57. The molecular formula is C26H25FN4O7. The molecule has 0 unspecified atom stereocenters. The van der Waals surface area contributed by atoms with Crippen LogP contribution in [0.15, 0.2) is 41.1 Å². The molecule has 3 aromatic rings. The van der Waals surface area contributed by atoms with Crippen molar-refractivity contribution in [2.24, 2.45) is 5.41 Å². The third-order valence-electron chi connectivity index (χ3n) is 6.55. The van der Waals surface area contributed by atoms with Gasteiger partial charge in [0.2, 0.25) is 0 Å². The van der Waals surface area contributed by atoms with E-state index in [2.05, 4.69) is 10.3 Å². The summed E-state index contributed by atoms with van der Waals surface area (Å²) in [5, 5.41) is 3.20. The van der Waals surface area contributed by atoms with E-state index in [1.54, 1.807) is 39.0 Å². The van der Waals surface area contributed by atoms with E-state index < -0.39 is 47.3 Å². The molecular weight excluding hydrogens is 499 g/mol. The molecule has 1 aromatic carbocycles. The highest BCUT2D eigenvalue weighted by atomic mass is 19.1. The second-order valence-electron chi connectivity index (χ2n) is 10.2. The number of rotatable bonds is 6. The number of halogens is 1. The van der Waals surface area contributed by atoms with Gasteiger partial charge in [0.05, 0.1) is 24.6 Å². The summed E-state index contributed by atoms with van der Waals surface area (Å²) in [6, 6.07) is 5.28. The minimum absolute atomic E-state index is 0.0131. The van der Waals surface area contributed by atoms with Gasteiger partial charge in [-0.05, 0) is 44.5 Å². The summed E-state index contributed by atoms with van der Waals surface area (Å²) in [5.74, 6) is -2.93. The second-order valence-corrected chi connectivity index (χ2v) is 10.2. The van der Waals surface area contributed by atoms with Crippen LogP contribution < -0.4 is 10.1 Å². The van der Waals surface area contributed by atoms with E-state index in [1.807, 2.05) is 0 Å². The van der Waals surface area contributed by atoms with Crippen molar-refractivity contribution in [1.82, 2.24) is 20.1 Å². The highest BCUT2D eigenvalue weighted by molar-refractivity contribution is 6.08. The fourth-order valence-corrected chi connectivity index (χ4v) is 4.50. The topological polar surface area (TPSA) is 131 Å². The quantitative estimate of drug-likeness (QED) is 0.385. The van der Waals surface area contributed by atoms with Crippen molar-refractivity contribution < 1.29 is 37.5 Å². The number of fused-ring (bicyclic) bond motifs is 2. The molecule has 5 rings (SSSR count). The van der Waals surface area contributed by atoms with Gasteiger partial charge in [0, 0.05) is 24.3 Å². The lowest BCUT2D eigenvalue weighted by atomic mass is 9.95. The predicted octanol–water partition coefficient (Wildman–Crippen LogP) is 2.93. The lowest BCUT2D eigenvalue weighted by Crippen LogP contribution is -2.52. The third kappa shape index (κ3) is 3.92. The van der Waals surface area contributed by atoms with Crippen molar-refractivity contribution in [3.63, 3.8) is 0 Å². The fourth-order valence-electron chi connectivity index (χ4n) is 4.50. The van der Waals surface area contributed by atoms with Crippen molar-refractivity contribution in [2.75, 3.05) is 20.4 Å². The first-order valence-corrected chi connectivity index (χ1v) is 11.8. The minimum Gasteiger partial charge on any atom is -0.494 e. The van der Waals surface area contributed by atoms with Crippen molar-refractivity contribution in [1.29, 1.82) is 0 Å². The zero-order chi connectivity index (χ0) is 27.4. The van der Waals surface area contributed by atoms with Crippen LogP contribution in [-0.4, -0.2) is 59.0 Å². The molecule has 0 aliphatic carbocycles. The van der Waals surface area contributed by atoms with Gasteiger partial charge in [0.15, 0.2) is 23.8 Å². The maximum absolute atomic E-state index is 15.0. The van der Waals surface area contributed by atoms with E-state index in [0.717, 1.165) is 4.90 Å². The number of nitrogens with zero attached hydrogens (tertiary/aromatic N) is 3. The van der Waals surface area contributed by atoms with E-state index in [1.165, 1.54) is 30.5 Å². The Balaban J connectivity index is 1.52. The number of urea groups is 1. The molecule has 11 nitrogen and oxygen atoms in total. The number of carbonyl (C=O) groups excluding carboxylic acids is 4. The average molecular weight is 525 g/mol. The average Bonchev–Trinajstić information content (AvgIpc) is 3.51. The highest BCUT2D eigenvalue weighted by Crippen LogP contribution is 2.38. The number of hydrogen-bond donors (Lipinski definition) is 1. The summed E-state index contributed by atoms with van der Waals surface area (Å²) in [6.07, 6.45) is 3.03. The number of pyridine rings is 1. The van der Waals surface area contributed by atoms with Crippen molar-refractivity contribution in [3.05, 3.63) is 59.4 Å². The number of hydrogen-bond acceptors (Lipinski definition) is 8. The molecule has 2 aromatic heterocycles. The lowest BCUT2D eigenvalue weighted by Gasteiger charge is -2.29. The van der Waals surface area contributed by atoms with Gasteiger partial charge < -0.3 is 24.1 Å². The van der Waals surface area contributed by atoms with Crippen LogP contribution in [0.3, 0.4) is 0 Å². The first kappa shape index (κ1) is 25.2. The molecule has 2 aliphatic heterocycles. The van der Waals surface area contributed by atoms with Crippen LogP contribution in [-0.2, 0) is 26.4 Å². The number of esters is 1. The fraction of sp³-hybridized carbons (Fsp3) is 0.346. The summed E-state index contributed by atoms with van der Waals surface area (Å²) in [6.45, 7) is 3.89. The zero-order valence-corrected chi connectivity index (χ0v) is 21.2. The summed E-state index contributed by atoms with van der Waals surface area (Å²) in [7, 11) is 1.29. The van der Waals surface area contributed by atoms with Crippen LogP contribution >= 0.6 is 0 Å². The maximum atomic E-state index is 15.0. The van der Waals surface area contributed by atoms with Crippen LogP contribution in [0.2, 0.25) is 0 Å². The molecule has 0 radical (unpaired) electrons. The lowest BCUT2D eigenvalue weighted by molar-refractivity contribution is -0.158. The number of nitrogens with one attached hydrogen (secondary N) is 1. The van der Waals surface area contributed by atoms with Crippen LogP contribution in [0.25, 0.3) is 11.0 Å². The monoisotopic (exact) mass is 524 g/mol. The van der Waals surface area contributed by atoms with Crippen molar-refractivity contribution >= 4 is 34.8 Å². The Bertz CT molecular complexity index is 1460. The molecule has 1 saturated heterocycles. The molecule has 1 fully saturated rings. The van der Waals surface area contributed by atoms with Crippen LogP contribution in [0.1, 0.15) is 42.5 Å². The van der Waals surface area contributed by atoms with Gasteiger partial charge in [-0.15, -0.1) is 0 Å². The van der Waals surface area contributed by atoms with E-state index in [-0.39, 0.29) is 30.2 Å². The molecule has 4 heterocycles. The summed E-state index contributed by atoms with van der Waals surface area (Å²) >= 11 is 0. The number of ether oxygens (including phenoxy) is 2. The number of benzene rings is 1. The predicted molar refractivity (Wildman–Crippen MR) is 129 cm³/mol. The standard InChI is InChI=1S/C26H25FN4O7/c1-25(2,3)23(34)37-13-31-22(33)26(29-24(31)35,18-9-15-10-28-8-7-16(15)38-18)12-30-11-14-5-6-17(36-4)20(27)19(14)21(30)32/h5-10H,11-13H2,1-4H3,(H,29,35)/t26-/m0/s1. The van der Waals surface area contributed by atoms with Gasteiger partial charge in [-0.25, -0.2) is 14.1 Å². The minimum atomic E-state index is -1.87. The van der Waals surface area contributed by atoms with Gasteiger partial charge in [-0.1, -0.05) is 6.07 Å². The molecule has 1 N–H and O–H groups in total. The molecule has 2 aliphatic rings.